The maximum Gasteiger partial charge on any atom is 0.191 e. The zero-order chi connectivity index (χ0) is 19.0. The zero-order valence-corrected chi connectivity index (χ0v) is 15.6. The van der Waals surface area contributed by atoms with Crippen molar-refractivity contribution in [1.82, 2.24) is 9.88 Å². The van der Waals surface area contributed by atoms with Gasteiger partial charge in [-0.05, 0) is 18.2 Å². The molecule has 0 unspecified atom stereocenters. The summed E-state index contributed by atoms with van der Waals surface area (Å²) < 4.78 is 10.8. The second-order valence-electron chi connectivity index (χ2n) is 6.00. The van der Waals surface area contributed by atoms with Gasteiger partial charge < -0.3 is 19.7 Å². The lowest BCUT2D eigenvalue weighted by atomic mass is 10.1. The lowest BCUT2D eigenvalue weighted by Gasteiger charge is -2.31. The molecule has 0 atom stereocenters. The Kier molecular flexibility index (Phi) is 4.45. The molecule has 1 N–H and O–H groups in total. The molecule has 8 heteroatoms. The molecule has 2 aliphatic heterocycles. The van der Waals surface area contributed by atoms with E-state index in [0.29, 0.717) is 41.1 Å². The molecule has 0 fully saturated rings. The quantitative estimate of drug-likeness (QED) is 0.496. The molecule has 0 spiro atoms. The first kappa shape index (κ1) is 17.4. The standard InChI is InChI=1S/C19H17ClN4O3/c1-26-15-7-12-13(8-16(15)27-2)23-18(24-6-5-21-19(12)24)9-14(25)11-3-4-17(20)22-10-11/h3-4,7-10,23H,5-6H2,1-2H3/b18-9+. The van der Waals surface area contributed by atoms with Crippen molar-refractivity contribution in [3.63, 3.8) is 0 Å². The molecule has 3 heterocycles. The van der Waals surface area contributed by atoms with E-state index in [4.69, 9.17) is 21.1 Å². The Morgan fingerprint density at radius 1 is 1.26 bits per heavy atom. The third-order valence-corrected chi connectivity index (χ3v) is 4.66. The van der Waals surface area contributed by atoms with Crippen LogP contribution in [0.3, 0.4) is 0 Å². The minimum Gasteiger partial charge on any atom is -0.493 e. The Bertz CT molecular complexity index is 970. The highest BCUT2D eigenvalue weighted by atomic mass is 35.5. The largest absolute Gasteiger partial charge is 0.493 e. The van der Waals surface area contributed by atoms with Crippen LogP contribution in [0.2, 0.25) is 5.15 Å². The predicted octanol–water partition coefficient (Wildman–Crippen LogP) is 2.96. The molecule has 0 saturated carbocycles. The van der Waals surface area contributed by atoms with Gasteiger partial charge in [0.05, 0.1) is 26.5 Å². The van der Waals surface area contributed by atoms with Crippen molar-refractivity contribution >= 4 is 28.9 Å². The van der Waals surface area contributed by atoms with Gasteiger partial charge in [-0.1, -0.05) is 11.6 Å². The summed E-state index contributed by atoms with van der Waals surface area (Å²) in [5.74, 6) is 2.52. The van der Waals surface area contributed by atoms with E-state index in [1.807, 2.05) is 17.0 Å². The maximum atomic E-state index is 12.6. The average Bonchev–Trinajstić information content (AvgIpc) is 3.18. The van der Waals surface area contributed by atoms with Crippen LogP contribution < -0.4 is 14.8 Å². The molecule has 4 rings (SSSR count). The molecule has 2 aliphatic rings. The monoisotopic (exact) mass is 384 g/mol. The molecule has 7 nitrogen and oxygen atoms in total. The van der Waals surface area contributed by atoms with E-state index in [1.54, 1.807) is 32.4 Å². The van der Waals surface area contributed by atoms with Gasteiger partial charge in [0, 0.05) is 36.0 Å². The van der Waals surface area contributed by atoms with E-state index < -0.39 is 0 Å². The van der Waals surface area contributed by atoms with Crippen LogP contribution in [-0.4, -0.2) is 48.8 Å². The summed E-state index contributed by atoms with van der Waals surface area (Å²) in [6, 6.07) is 6.98. The lowest BCUT2D eigenvalue weighted by molar-refractivity contribution is 0.104. The number of ether oxygens (including phenoxy) is 2. The van der Waals surface area contributed by atoms with E-state index in [2.05, 4.69) is 15.3 Å². The highest BCUT2D eigenvalue weighted by Gasteiger charge is 2.31. The molecule has 0 radical (unpaired) electrons. The Hall–Kier alpha value is -3.06. The summed E-state index contributed by atoms with van der Waals surface area (Å²) in [6.07, 6.45) is 3.01. The SMILES string of the molecule is COc1cc2c(cc1OC)C1=NCCN1/C(=C/C(=O)c1ccc(Cl)nc1)N2. The Morgan fingerprint density at radius 3 is 2.74 bits per heavy atom. The van der Waals surface area contributed by atoms with E-state index in [9.17, 15) is 4.79 Å². The van der Waals surface area contributed by atoms with Crippen molar-refractivity contribution < 1.29 is 14.3 Å². The van der Waals surface area contributed by atoms with Gasteiger partial charge in [-0.25, -0.2) is 4.98 Å². The number of hydrogen-bond acceptors (Lipinski definition) is 7. The maximum absolute atomic E-state index is 12.6. The van der Waals surface area contributed by atoms with Gasteiger partial charge in [0.15, 0.2) is 17.3 Å². The number of pyridine rings is 1. The minimum absolute atomic E-state index is 0.170. The number of anilines is 1. The Balaban J connectivity index is 1.74. The highest BCUT2D eigenvalue weighted by molar-refractivity contribution is 6.29. The first-order valence-electron chi connectivity index (χ1n) is 8.33. The molecule has 0 amide bonds. The number of ketones is 1. The molecule has 2 aromatic rings. The summed E-state index contributed by atoms with van der Waals surface area (Å²) in [5.41, 5.74) is 2.17. The zero-order valence-electron chi connectivity index (χ0n) is 14.8. The smallest absolute Gasteiger partial charge is 0.191 e. The number of nitrogens with zero attached hydrogens (tertiary/aromatic N) is 3. The molecular formula is C19H17ClN4O3. The molecule has 1 aromatic carbocycles. The Morgan fingerprint density at radius 2 is 2.04 bits per heavy atom. The molecule has 0 bridgehead atoms. The minimum atomic E-state index is -0.170. The summed E-state index contributed by atoms with van der Waals surface area (Å²) in [7, 11) is 3.18. The van der Waals surface area contributed by atoms with Crippen molar-refractivity contribution in [3.8, 4) is 11.5 Å². The third-order valence-electron chi connectivity index (χ3n) is 4.44. The van der Waals surface area contributed by atoms with E-state index in [0.717, 1.165) is 17.1 Å². The van der Waals surface area contributed by atoms with Gasteiger partial charge in [0.2, 0.25) is 0 Å². The third kappa shape index (κ3) is 3.10. The normalized spacial score (nSPS) is 16.3. The highest BCUT2D eigenvalue weighted by Crippen LogP contribution is 2.38. The summed E-state index contributed by atoms with van der Waals surface area (Å²) >= 11 is 5.79. The van der Waals surface area contributed by atoms with Crippen LogP contribution in [-0.2, 0) is 0 Å². The number of halogens is 1. The fourth-order valence-corrected chi connectivity index (χ4v) is 3.24. The number of aliphatic imine (C=N–C) groups is 1. The van der Waals surface area contributed by atoms with Crippen molar-refractivity contribution in [1.29, 1.82) is 0 Å². The van der Waals surface area contributed by atoms with Crippen molar-refractivity contribution in [2.45, 2.75) is 0 Å². The van der Waals surface area contributed by atoms with E-state index in [1.165, 1.54) is 6.20 Å². The second kappa shape index (κ2) is 6.92. The summed E-state index contributed by atoms with van der Waals surface area (Å²) in [5, 5.41) is 3.66. The van der Waals surface area contributed by atoms with Crippen LogP contribution in [0.25, 0.3) is 0 Å². The first-order valence-corrected chi connectivity index (χ1v) is 8.71. The number of nitrogens with one attached hydrogen (secondary N) is 1. The molecular weight excluding hydrogens is 368 g/mol. The van der Waals surface area contributed by atoms with Crippen LogP contribution in [0.15, 0.2) is 47.4 Å². The van der Waals surface area contributed by atoms with Gasteiger partial charge >= 0.3 is 0 Å². The number of aromatic nitrogens is 1. The van der Waals surface area contributed by atoms with Crippen LogP contribution in [0.4, 0.5) is 5.69 Å². The van der Waals surface area contributed by atoms with Gasteiger partial charge in [0.25, 0.3) is 0 Å². The fourth-order valence-electron chi connectivity index (χ4n) is 3.13. The predicted molar refractivity (Wildman–Crippen MR) is 103 cm³/mol. The van der Waals surface area contributed by atoms with Gasteiger partial charge in [-0.3, -0.25) is 9.79 Å². The summed E-state index contributed by atoms with van der Waals surface area (Å²) in [4.78, 5) is 23.2. The van der Waals surface area contributed by atoms with E-state index in [-0.39, 0.29) is 5.78 Å². The van der Waals surface area contributed by atoms with Crippen LogP contribution in [0.1, 0.15) is 15.9 Å². The number of hydrogen-bond donors (Lipinski definition) is 1. The molecule has 0 saturated heterocycles. The van der Waals surface area contributed by atoms with Crippen LogP contribution >= 0.6 is 11.6 Å². The number of benzene rings is 1. The summed E-state index contributed by atoms with van der Waals surface area (Å²) in [6.45, 7) is 1.34. The molecule has 27 heavy (non-hydrogen) atoms. The fraction of sp³-hybridized carbons (Fsp3) is 0.211. The van der Waals surface area contributed by atoms with E-state index >= 15 is 0 Å². The van der Waals surface area contributed by atoms with Crippen LogP contribution in [0.5, 0.6) is 11.5 Å². The van der Waals surface area contributed by atoms with Gasteiger partial charge in [0.1, 0.15) is 16.8 Å². The Labute approximate surface area is 161 Å². The topological polar surface area (TPSA) is 76.1 Å². The first-order chi connectivity index (χ1) is 13.1. The van der Waals surface area contributed by atoms with Gasteiger partial charge in [-0.2, -0.15) is 0 Å². The van der Waals surface area contributed by atoms with Crippen molar-refractivity contribution in [2.75, 3.05) is 32.6 Å². The van der Waals surface area contributed by atoms with Crippen molar-refractivity contribution in [3.05, 3.63) is 58.6 Å². The number of methoxy groups -OCH3 is 2. The lowest BCUT2D eigenvalue weighted by Crippen LogP contribution is -2.36. The number of allylic oxidation sites excluding steroid dienone is 1. The second-order valence-corrected chi connectivity index (χ2v) is 6.39. The number of carbonyl (C=O) groups is 1. The molecule has 138 valence electrons. The number of rotatable bonds is 4. The average molecular weight is 385 g/mol. The number of amidine groups is 1. The number of carbonyl (C=O) groups excluding carboxylic acids is 1. The van der Waals surface area contributed by atoms with Crippen LogP contribution in [0, 0.1) is 0 Å². The van der Waals surface area contributed by atoms with Gasteiger partial charge in [-0.15, -0.1) is 0 Å². The molecule has 0 aliphatic carbocycles. The molecule has 1 aromatic heterocycles. The number of fused-ring (bicyclic) bond motifs is 3. The van der Waals surface area contributed by atoms with Crippen molar-refractivity contribution in [2.24, 2.45) is 4.99 Å².